The second-order valence-electron chi connectivity index (χ2n) is 4.49. The molecule has 0 saturated carbocycles. The highest BCUT2D eigenvalue weighted by atomic mass is 16.6. The van der Waals surface area contributed by atoms with E-state index in [0.29, 0.717) is 5.75 Å². The van der Waals surface area contributed by atoms with Crippen LogP contribution < -0.4 is 4.74 Å². The van der Waals surface area contributed by atoms with Gasteiger partial charge in [0, 0.05) is 6.07 Å². The van der Waals surface area contributed by atoms with Crippen LogP contribution in [-0.2, 0) is 6.61 Å². The third-order valence-corrected chi connectivity index (χ3v) is 3.01. The summed E-state index contributed by atoms with van der Waals surface area (Å²) < 4.78 is 5.51. The van der Waals surface area contributed by atoms with Crippen LogP contribution in [0, 0.1) is 17.0 Å². The lowest BCUT2D eigenvalue weighted by molar-refractivity contribution is -0.384. The Balaban J connectivity index is 2.11. The number of hydrogen-bond acceptors (Lipinski definition) is 4. The Morgan fingerprint density at radius 1 is 1.29 bits per heavy atom. The predicted molar refractivity (Wildman–Crippen MR) is 75.6 cm³/mol. The number of carbonyl (C=O) groups is 1. The fourth-order valence-corrected chi connectivity index (χ4v) is 1.84. The summed E-state index contributed by atoms with van der Waals surface area (Å²) in [5.41, 5.74) is 1.80. The van der Waals surface area contributed by atoms with E-state index < -0.39 is 10.9 Å². The zero-order chi connectivity index (χ0) is 15.4. The molecule has 1 N–H and O–H groups in total. The minimum atomic E-state index is -0.982. The standard InChI is InChI=1S/C15H13NO5/c1-10-7-11(15(17)18)5-6-12(10)9-21-14-4-2-3-13(8-14)16(19)20/h2-8H,9H2,1H3,(H,17,18). The molecule has 0 bridgehead atoms. The van der Waals surface area contributed by atoms with Crippen molar-refractivity contribution in [3.63, 3.8) is 0 Å². The van der Waals surface area contributed by atoms with E-state index in [9.17, 15) is 14.9 Å². The first kappa shape index (κ1) is 14.5. The average Bonchev–Trinajstić information content (AvgIpc) is 2.46. The first-order valence-electron chi connectivity index (χ1n) is 6.17. The van der Waals surface area contributed by atoms with Gasteiger partial charge >= 0.3 is 5.97 Å². The minimum absolute atomic E-state index is 0.0366. The van der Waals surface area contributed by atoms with Crippen molar-refractivity contribution in [1.82, 2.24) is 0 Å². The van der Waals surface area contributed by atoms with Crippen LogP contribution >= 0.6 is 0 Å². The van der Waals surface area contributed by atoms with E-state index in [1.54, 1.807) is 31.2 Å². The van der Waals surface area contributed by atoms with Crippen LogP contribution in [0.1, 0.15) is 21.5 Å². The Kier molecular flexibility index (Phi) is 4.18. The zero-order valence-corrected chi connectivity index (χ0v) is 11.3. The molecule has 0 aliphatic carbocycles. The van der Waals surface area contributed by atoms with Gasteiger partial charge in [0.15, 0.2) is 0 Å². The van der Waals surface area contributed by atoms with Gasteiger partial charge in [0.05, 0.1) is 16.6 Å². The van der Waals surface area contributed by atoms with E-state index in [0.717, 1.165) is 11.1 Å². The molecule has 0 aliphatic heterocycles. The molecule has 0 radical (unpaired) electrons. The van der Waals surface area contributed by atoms with Gasteiger partial charge in [-0.3, -0.25) is 10.1 Å². The number of ether oxygens (including phenoxy) is 1. The molecule has 0 fully saturated rings. The van der Waals surface area contributed by atoms with Crippen LogP contribution in [0.4, 0.5) is 5.69 Å². The second kappa shape index (κ2) is 6.04. The lowest BCUT2D eigenvalue weighted by atomic mass is 10.1. The SMILES string of the molecule is Cc1cc(C(=O)O)ccc1COc1cccc([N+](=O)[O-])c1. The van der Waals surface area contributed by atoms with Crippen molar-refractivity contribution in [3.05, 3.63) is 69.3 Å². The maximum Gasteiger partial charge on any atom is 0.335 e. The number of non-ortho nitro benzene ring substituents is 1. The fourth-order valence-electron chi connectivity index (χ4n) is 1.84. The molecule has 21 heavy (non-hydrogen) atoms. The number of aryl methyl sites for hydroxylation is 1. The van der Waals surface area contributed by atoms with Crippen molar-refractivity contribution >= 4 is 11.7 Å². The molecule has 0 spiro atoms. The highest BCUT2D eigenvalue weighted by Gasteiger charge is 2.08. The summed E-state index contributed by atoms with van der Waals surface area (Å²) in [6.45, 7) is 2.01. The lowest BCUT2D eigenvalue weighted by Crippen LogP contribution is -2.02. The summed E-state index contributed by atoms with van der Waals surface area (Å²) >= 11 is 0. The number of nitrogens with zero attached hydrogens (tertiary/aromatic N) is 1. The second-order valence-corrected chi connectivity index (χ2v) is 4.49. The van der Waals surface area contributed by atoms with Crippen molar-refractivity contribution in [3.8, 4) is 5.75 Å². The highest BCUT2D eigenvalue weighted by molar-refractivity contribution is 5.87. The van der Waals surface area contributed by atoms with Crippen LogP contribution in [0.25, 0.3) is 0 Å². The Bertz CT molecular complexity index is 696. The van der Waals surface area contributed by atoms with Crippen molar-refractivity contribution in [2.75, 3.05) is 0 Å². The lowest BCUT2D eigenvalue weighted by Gasteiger charge is -2.09. The minimum Gasteiger partial charge on any atom is -0.489 e. The van der Waals surface area contributed by atoms with Gasteiger partial charge in [-0.05, 0) is 36.2 Å². The van der Waals surface area contributed by atoms with Crippen LogP contribution in [-0.4, -0.2) is 16.0 Å². The molecule has 0 amide bonds. The van der Waals surface area contributed by atoms with Gasteiger partial charge in [-0.1, -0.05) is 12.1 Å². The van der Waals surface area contributed by atoms with Crippen molar-refractivity contribution in [2.24, 2.45) is 0 Å². The number of aromatic carboxylic acids is 1. The molecule has 0 saturated heterocycles. The Labute approximate surface area is 120 Å². The van der Waals surface area contributed by atoms with Gasteiger partial charge in [0.25, 0.3) is 5.69 Å². The average molecular weight is 287 g/mol. The zero-order valence-electron chi connectivity index (χ0n) is 11.3. The molecule has 0 aromatic heterocycles. The Morgan fingerprint density at radius 3 is 2.67 bits per heavy atom. The van der Waals surface area contributed by atoms with Crippen LogP contribution in [0.5, 0.6) is 5.75 Å². The molecule has 0 heterocycles. The van der Waals surface area contributed by atoms with E-state index in [1.165, 1.54) is 18.2 Å². The van der Waals surface area contributed by atoms with Crippen LogP contribution in [0.2, 0.25) is 0 Å². The van der Waals surface area contributed by atoms with Gasteiger partial charge in [-0.2, -0.15) is 0 Å². The summed E-state index contributed by atoms with van der Waals surface area (Å²) in [6.07, 6.45) is 0. The van der Waals surface area contributed by atoms with E-state index in [2.05, 4.69) is 0 Å². The molecule has 6 nitrogen and oxygen atoms in total. The summed E-state index contributed by atoms with van der Waals surface area (Å²) in [4.78, 5) is 21.0. The van der Waals surface area contributed by atoms with Gasteiger partial charge in [0.2, 0.25) is 0 Å². The normalized spacial score (nSPS) is 10.1. The first-order chi connectivity index (χ1) is 9.97. The molecule has 2 aromatic carbocycles. The molecule has 0 unspecified atom stereocenters. The number of carboxylic acids is 1. The van der Waals surface area contributed by atoms with Crippen molar-refractivity contribution in [2.45, 2.75) is 13.5 Å². The van der Waals surface area contributed by atoms with Crippen LogP contribution in [0.15, 0.2) is 42.5 Å². The number of hydrogen-bond donors (Lipinski definition) is 1. The number of nitro benzene ring substituents is 1. The summed E-state index contributed by atoms with van der Waals surface area (Å²) in [5.74, 6) is -0.588. The van der Waals surface area contributed by atoms with E-state index in [1.807, 2.05) is 0 Å². The molecular formula is C15H13NO5. The number of carboxylic acid groups (broad SMARTS) is 1. The topological polar surface area (TPSA) is 89.7 Å². The summed E-state index contributed by atoms with van der Waals surface area (Å²) in [7, 11) is 0. The molecule has 0 atom stereocenters. The van der Waals surface area contributed by atoms with E-state index in [4.69, 9.17) is 9.84 Å². The Hall–Kier alpha value is -2.89. The monoisotopic (exact) mass is 287 g/mol. The molecular weight excluding hydrogens is 274 g/mol. The first-order valence-corrected chi connectivity index (χ1v) is 6.17. The van der Waals surface area contributed by atoms with Gasteiger partial charge < -0.3 is 9.84 Å². The molecule has 6 heteroatoms. The Morgan fingerprint density at radius 2 is 2.05 bits per heavy atom. The highest BCUT2D eigenvalue weighted by Crippen LogP contribution is 2.21. The summed E-state index contributed by atoms with van der Waals surface area (Å²) in [6, 6.07) is 10.7. The predicted octanol–water partition coefficient (Wildman–Crippen LogP) is 3.18. The van der Waals surface area contributed by atoms with Gasteiger partial charge in [-0.25, -0.2) is 4.79 Å². The third-order valence-electron chi connectivity index (χ3n) is 3.01. The number of benzene rings is 2. The van der Waals surface area contributed by atoms with Crippen molar-refractivity contribution in [1.29, 1.82) is 0 Å². The largest absolute Gasteiger partial charge is 0.489 e. The molecule has 2 aromatic rings. The maximum atomic E-state index is 10.9. The maximum absolute atomic E-state index is 10.9. The van der Waals surface area contributed by atoms with E-state index >= 15 is 0 Å². The van der Waals surface area contributed by atoms with Gasteiger partial charge in [0.1, 0.15) is 12.4 Å². The fraction of sp³-hybridized carbons (Fsp3) is 0.133. The molecule has 0 aliphatic rings. The van der Waals surface area contributed by atoms with Crippen LogP contribution in [0.3, 0.4) is 0 Å². The molecule has 2 rings (SSSR count). The summed E-state index contributed by atoms with van der Waals surface area (Å²) in [5, 5.41) is 19.6. The van der Waals surface area contributed by atoms with Gasteiger partial charge in [-0.15, -0.1) is 0 Å². The van der Waals surface area contributed by atoms with Crippen molar-refractivity contribution < 1.29 is 19.6 Å². The smallest absolute Gasteiger partial charge is 0.335 e. The number of nitro groups is 1. The van der Waals surface area contributed by atoms with E-state index in [-0.39, 0.29) is 17.9 Å². The quantitative estimate of drug-likeness (QED) is 0.673. The number of rotatable bonds is 5. The molecule has 108 valence electrons. The third kappa shape index (κ3) is 3.56.